The number of rotatable bonds is 5. The summed E-state index contributed by atoms with van der Waals surface area (Å²) in [6, 6.07) is 6.53. The zero-order chi connectivity index (χ0) is 12.1. The monoisotopic (exact) mass is 301 g/mol. The molecule has 0 amide bonds. The van der Waals surface area contributed by atoms with Gasteiger partial charge in [0.15, 0.2) is 0 Å². The summed E-state index contributed by atoms with van der Waals surface area (Å²) in [6.07, 6.45) is 0. The van der Waals surface area contributed by atoms with E-state index >= 15 is 0 Å². The topological polar surface area (TPSA) is 12.0 Å². The molecule has 0 aliphatic rings. The summed E-state index contributed by atoms with van der Waals surface area (Å²) in [6.45, 7) is 7.76. The van der Waals surface area contributed by atoms with Crippen molar-refractivity contribution in [1.29, 1.82) is 0 Å². The summed E-state index contributed by atoms with van der Waals surface area (Å²) >= 11 is 5.49. The molecule has 0 saturated carbocycles. The van der Waals surface area contributed by atoms with Crippen LogP contribution < -0.4 is 5.32 Å². The second-order valence-electron chi connectivity index (χ2n) is 4.35. The van der Waals surface area contributed by atoms with Gasteiger partial charge in [-0.15, -0.1) is 11.8 Å². The van der Waals surface area contributed by atoms with Crippen LogP contribution in [0, 0.1) is 5.92 Å². The summed E-state index contributed by atoms with van der Waals surface area (Å²) in [5, 5.41) is 3.87. The molecule has 0 aliphatic heterocycles. The lowest BCUT2D eigenvalue weighted by atomic mass is 10.2. The number of hydrogen-bond acceptors (Lipinski definition) is 2. The molecule has 1 aromatic carbocycles. The molecule has 3 heteroatoms. The van der Waals surface area contributed by atoms with Gasteiger partial charge in [0, 0.05) is 21.2 Å². The Morgan fingerprint density at radius 1 is 1.31 bits per heavy atom. The van der Waals surface area contributed by atoms with E-state index in [2.05, 4.69) is 60.2 Å². The van der Waals surface area contributed by atoms with Gasteiger partial charge in [-0.1, -0.05) is 36.7 Å². The Labute approximate surface area is 112 Å². The lowest BCUT2D eigenvalue weighted by Gasteiger charge is -2.17. The SMILES string of the molecule is CNCc1cc(Br)ccc1SC(C)C(C)C. The fraction of sp³-hybridized carbons (Fsp3) is 0.538. The average molecular weight is 302 g/mol. The molecule has 1 rings (SSSR count). The molecule has 0 saturated heterocycles. The molecule has 1 atom stereocenters. The van der Waals surface area contributed by atoms with Gasteiger partial charge >= 0.3 is 0 Å². The van der Waals surface area contributed by atoms with Gasteiger partial charge in [0.2, 0.25) is 0 Å². The standard InChI is InChI=1S/C13H20BrNS/c1-9(2)10(3)16-13-6-5-12(14)7-11(13)8-15-4/h5-7,9-10,15H,8H2,1-4H3. The first-order chi connectivity index (χ1) is 7.54. The Balaban J connectivity index is 2.85. The molecular formula is C13H20BrNS. The third-order valence-corrected chi connectivity index (χ3v) is 4.70. The smallest absolute Gasteiger partial charge is 0.0214 e. The van der Waals surface area contributed by atoms with Crippen molar-refractivity contribution in [2.75, 3.05) is 7.05 Å². The van der Waals surface area contributed by atoms with Gasteiger partial charge in [-0.3, -0.25) is 0 Å². The Hall–Kier alpha value is 0.01000. The highest BCUT2D eigenvalue weighted by molar-refractivity contribution is 9.10. The molecule has 1 aromatic rings. The maximum atomic E-state index is 3.52. The second kappa shape index (κ2) is 6.67. The third kappa shape index (κ3) is 4.11. The summed E-state index contributed by atoms with van der Waals surface area (Å²) in [5.74, 6) is 0.705. The molecule has 90 valence electrons. The molecule has 0 heterocycles. The maximum Gasteiger partial charge on any atom is 0.0214 e. The molecule has 0 radical (unpaired) electrons. The minimum absolute atomic E-state index is 0.650. The molecule has 1 nitrogen and oxygen atoms in total. The minimum Gasteiger partial charge on any atom is -0.316 e. The number of halogens is 1. The van der Waals surface area contributed by atoms with Crippen molar-refractivity contribution in [2.45, 2.75) is 37.5 Å². The van der Waals surface area contributed by atoms with Crippen molar-refractivity contribution in [2.24, 2.45) is 5.92 Å². The number of thioether (sulfide) groups is 1. The highest BCUT2D eigenvalue weighted by Crippen LogP contribution is 2.32. The van der Waals surface area contributed by atoms with Crippen molar-refractivity contribution in [3.63, 3.8) is 0 Å². The van der Waals surface area contributed by atoms with Crippen LogP contribution in [-0.4, -0.2) is 12.3 Å². The van der Waals surface area contributed by atoms with E-state index in [1.54, 1.807) is 0 Å². The normalized spacial score (nSPS) is 13.1. The van der Waals surface area contributed by atoms with Crippen LogP contribution in [0.15, 0.2) is 27.6 Å². The molecule has 0 aromatic heterocycles. The maximum absolute atomic E-state index is 3.52. The zero-order valence-electron chi connectivity index (χ0n) is 10.4. The molecule has 16 heavy (non-hydrogen) atoms. The second-order valence-corrected chi connectivity index (χ2v) is 6.68. The third-order valence-electron chi connectivity index (χ3n) is 2.64. The number of nitrogens with one attached hydrogen (secondary N) is 1. The fourth-order valence-electron chi connectivity index (χ4n) is 1.33. The average Bonchev–Trinajstić information content (AvgIpc) is 2.22. The molecule has 0 aliphatic carbocycles. The highest BCUT2D eigenvalue weighted by Gasteiger charge is 2.11. The van der Waals surface area contributed by atoms with Crippen LogP contribution in [0.3, 0.4) is 0 Å². The van der Waals surface area contributed by atoms with Crippen molar-refractivity contribution >= 4 is 27.7 Å². The molecule has 0 fully saturated rings. The molecule has 0 spiro atoms. The quantitative estimate of drug-likeness (QED) is 0.814. The fourth-order valence-corrected chi connectivity index (χ4v) is 2.84. The van der Waals surface area contributed by atoms with Crippen LogP contribution in [0.1, 0.15) is 26.3 Å². The summed E-state index contributed by atoms with van der Waals surface area (Å²) < 4.78 is 1.15. The molecule has 0 bridgehead atoms. The van der Waals surface area contributed by atoms with E-state index < -0.39 is 0 Å². The Bertz CT molecular complexity index is 339. The lowest BCUT2D eigenvalue weighted by molar-refractivity contribution is 0.642. The van der Waals surface area contributed by atoms with Crippen molar-refractivity contribution in [1.82, 2.24) is 5.32 Å². The van der Waals surface area contributed by atoms with E-state index in [4.69, 9.17) is 0 Å². The first-order valence-corrected chi connectivity index (χ1v) is 7.31. The molecular weight excluding hydrogens is 282 g/mol. The van der Waals surface area contributed by atoms with Crippen molar-refractivity contribution in [3.8, 4) is 0 Å². The lowest BCUT2D eigenvalue weighted by Crippen LogP contribution is -2.09. The van der Waals surface area contributed by atoms with Gasteiger partial charge in [0.25, 0.3) is 0 Å². The van der Waals surface area contributed by atoms with E-state index in [1.807, 2.05) is 18.8 Å². The molecule has 1 unspecified atom stereocenters. The van der Waals surface area contributed by atoms with Gasteiger partial charge in [0.1, 0.15) is 0 Å². The summed E-state index contributed by atoms with van der Waals surface area (Å²) in [4.78, 5) is 1.39. The van der Waals surface area contributed by atoms with Crippen LogP contribution >= 0.6 is 27.7 Å². The van der Waals surface area contributed by atoms with Gasteiger partial charge in [-0.2, -0.15) is 0 Å². The number of benzene rings is 1. The van der Waals surface area contributed by atoms with Crippen LogP contribution in [-0.2, 0) is 6.54 Å². The van der Waals surface area contributed by atoms with Crippen molar-refractivity contribution in [3.05, 3.63) is 28.2 Å². The summed E-state index contributed by atoms with van der Waals surface area (Å²) in [7, 11) is 1.99. The van der Waals surface area contributed by atoms with Gasteiger partial charge in [-0.05, 0) is 36.7 Å². The van der Waals surface area contributed by atoms with E-state index in [-0.39, 0.29) is 0 Å². The first kappa shape index (κ1) is 14.1. The molecule has 1 N–H and O–H groups in total. The zero-order valence-corrected chi connectivity index (χ0v) is 12.8. The minimum atomic E-state index is 0.650. The van der Waals surface area contributed by atoms with E-state index in [9.17, 15) is 0 Å². The Kier molecular flexibility index (Phi) is 5.87. The van der Waals surface area contributed by atoms with Gasteiger partial charge < -0.3 is 5.32 Å². The number of hydrogen-bond donors (Lipinski definition) is 1. The largest absolute Gasteiger partial charge is 0.316 e. The van der Waals surface area contributed by atoms with Crippen LogP contribution in [0.25, 0.3) is 0 Å². The predicted molar refractivity (Wildman–Crippen MR) is 77.1 cm³/mol. The van der Waals surface area contributed by atoms with Crippen LogP contribution in [0.2, 0.25) is 0 Å². The van der Waals surface area contributed by atoms with E-state index in [0.29, 0.717) is 11.2 Å². The van der Waals surface area contributed by atoms with Crippen LogP contribution in [0.4, 0.5) is 0 Å². The van der Waals surface area contributed by atoms with Gasteiger partial charge in [-0.25, -0.2) is 0 Å². The van der Waals surface area contributed by atoms with E-state index in [0.717, 1.165) is 11.0 Å². The van der Waals surface area contributed by atoms with Crippen LogP contribution in [0.5, 0.6) is 0 Å². The summed E-state index contributed by atoms with van der Waals surface area (Å²) in [5.41, 5.74) is 1.37. The predicted octanol–water partition coefficient (Wildman–Crippen LogP) is 4.31. The Morgan fingerprint density at radius 3 is 2.56 bits per heavy atom. The first-order valence-electron chi connectivity index (χ1n) is 5.64. The Morgan fingerprint density at radius 2 is 2.00 bits per heavy atom. The van der Waals surface area contributed by atoms with Crippen molar-refractivity contribution < 1.29 is 0 Å². The highest BCUT2D eigenvalue weighted by atomic mass is 79.9. The van der Waals surface area contributed by atoms with Gasteiger partial charge in [0.05, 0.1) is 0 Å². The van der Waals surface area contributed by atoms with E-state index in [1.165, 1.54) is 10.5 Å².